The van der Waals surface area contributed by atoms with Gasteiger partial charge in [0.25, 0.3) is 5.91 Å². The zero-order chi connectivity index (χ0) is 18.7. The van der Waals surface area contributed by atoms with Crippen LogP contribution in [0.4, 0.5) is 5.69 Å². The lowest BCUT2D eigenvalue weighted by molar-refractivity contribution is -0.125. The van der Waals surface area contributed by atoms with Gasteiger partial charge in [-0.25, -0.2) is 0 Å². The molecule has 2 aromatic carbocycles. The molecule has 26 heavy (non-hydrogen) atoms. The number of aromatic hydroxyl groups is 1. The molecule has 3 rings (SSSR count). The smallest absolute Gasteiger partial charge is 0.268 e. The summed E-state index contributed by atoms with van der Waals surface area (Å²) in [5, 5.41) is 16.6. The van der Waals surface area contributed by atoms with Gasteiger partial charge in [0.05, 0.1) is 25.6 Å². The molecule has 1 aliphatic heterocycles. The van der Waals surface area contributed by atoms with Crippen LogP contribution in [-0.2, 0) is 9.63 Å². The molecule has 0 saturated carbocycles. The molecule has 0 unspecified atom stereocenters. The Morgan fingerprint density at radius 1 is 1.23 bits per heavy atom. The van der Waals surface area contributed by atoms with Gasteiger partial charge in [-0.05, 0) is 42.8 Å². The summed E-state index contributed by atoms with van der Waals surface area (Å²) in [6.45, 7) is 1.87. The van der Waals surface area contributed by atoms with Gasteiger partial charge >= 0.3 is 0 Å². The summed E-state index contributed by atoms with van der Waals surface area (Å²) in [6.07, 6.45) is -0.511. The highest BCUT2D eigenvalue weighted by Crippen LogP contribution is 2.30. The van der Waals surface area contributed by atoms with Crippen molar-refractivity contribution in [1.29, 1.82) is 0 Å². The fourth-order valence-corrected chi connectivity index (χ4v) is 2.68. The van der Waals surface area contributed by atoms with Gasteiger partial charge in [-0.15, -0.1) is 0 Å². The molecular weight excluding hydrogens is 336 g/mol. The van der Waals surface area contributed by atoms with Crippen LogP contribution in [-0.4, -0.2) is 37.0 Å². The monoisotopic (exact) mass is 356 g/mol. The van der Waals surface area contributed by atoms with Crippen molar-refractivity contribution < 1.29 is 24.2 Å². The van der Waals surface area contributed by atoms with Crippen LogP contribution >= 0.6 is 0 Å². The second-order valence-corrected chi connectivity index (χ2v) is 5.91. The minimum atomic E-state index is -0.791. The van der Waals surface area contributed by atoms with Crippen LogP contribution in [0.25, 0.3) is 0 Å². The van der Waals surface area contributed by atoms with E-state index in [9.17, 15) is 9.90 Å². The summed E-state index contributed by atoms with van der Waals surface area (Å²) in [6, 6.07) is 10.3. The molecule has 7 heteroatoms. The van der Waals surface area contributed by atoms with Crippen molar-refractivity contribution >= 4 is 17.3 Å². The third-order valence-corrected chi connectivity index (χ3v) is 4.09. The number of carbonyl (C=O) groups is 1. The van der Waals surface area contributed by atoms with Crippen molar-refractivity contribution in [2.45, 2.75) is 19.4 Å². The number of nitrogens with zero attached hydrogens (tertiary/aromatic N) is 1. The van der Waals surface area contributed by atoms with Crippen molar-refractivity contribution in [3.8, 4) is 17.2 Å². The molecule has 1 amide bonds. The van der Waals surface area contributed by atoms with Crippen molar-refractivity contribution in [1.82, 2.24) is 0 Å². The van der Waals surface area contributed by atoms with E-state index in [0.717, 1.165) is 5.56 Å². The number of ether oxygens (including phenoxy) is 2. The van der Waals surface area contributed by atoms with E-state index in [1.807, 2.05) is 6.92 Å². The lowest BCUT2D eigenvalue weighted by Crippen LogP contribution is -2.28. The summed E-state index contributed by atoms with van der Waals surface area (Å²) >= 11 is 0. The summed E-state index contributed by atoms with van der Waals surface area (Å²) in [4.78, 5) is 17.8. The Labute approximate surface area is 151 Å². The van der Waals surface area contributed by atoms with E-state index in [1.54, 1.807) is 44.6 Å². The minimum Gasteiger partial charge on any atom is -0.506 e. The van der Waals surface area contributed by atoms with Crippen molar-refractivity contribution in [3.05, 3.63) is 47.5 Å². The number of hydrogen-bond donors (Lipinski definition) is 2. The zero-order valence-corrected chi connectivity index (χ0v) is 14.8. The molecule has 1 aliphatic rings. The number of phenolic OH excluding ortho intramolecular Hbond substituents is 1. The summed E-state index contributed by atoms with van der Waals surface area (Å²) < 4.78 is 10.6. The lowest BCUT2D eigenvalue weighted by atomic mass is 10.0. The average molecular weight is 356 g/mol. The van der Waals surface area contributed by atoms with Gasteiger partial charge in [0.15, 0.2) is 0 Å². The molecular formula is C19H20N2O5. The molecule has 0 fully saturated rings. The number of anilines is 1. The molecule has 0 radical (unpaired) electrons. The average Bonchev–Trinajstić information content (AvgIpc) is 3.14. The predicted octanol–water partition coefficient (Wildman–Crippen LogP) is 2.85. The molecule has 2 aromatic rings. The van der Waals surface area contributed by atoms with Crippen LogP contribution in [0.15, 0.2) is 41.6 Å². The molecule has 136 valence electrons. The number of nitrogens with one attached hydrogen (secondary N) is 1. The van der Waals surface area contributed by atoms with Gasteiger partial charge in [0.1, 0.15) is 17.2 Å². The second-order valence-electron chi connectivity index (χ2n) is 5.91. The largest absolute Gasteiger partial charge is 0.506 e. The standard InChI is InChI=1S/C19H20N2O5/c1-11-4-6-16(22)15(8-11)20-19(23)18-10-14(21-26-18)13-9-12(24-2)5-7-17(13)25-3/h4-9,18,22H,10H2,1-3H3,(H,20,23)/t18-/m0/s1. The summed E-state index contributed by atoms with van der Waals surface area (Å²) in [7, 11) is 3.13. The van der Waals surface area contributed by atoms with E-state index in [1.165, 1.54) is 6.07 Å². The van der Waals surface area contributed by atoms with Crippen LogP contribution in [0.5, 0.6) is 17.2 Å². The number of aryl methyl sites for hydroxylation is 1. The van der Waals surface area contributed by atoms with Crippen LogP contribution in [0.1, 0.15) is 17.5 Å². The first-order chi connectivity index (χ1) is 12.5. The number of hydrogen-bond acceptors (Lipinski definition) is 6. The van der Waals surface area contributed by atoms with E-state index in [4.69, 9.17) is 14.3 Å². The Balaban J connectivity index is 1.74. The number of rotatable bonds is 5. The van der Waals surface area contributed by atoms with Gasteiger partial charge in [-0.1, -0.05) is 11.2 Å². The van der Waals surface area contributed by atoms with E-state index in [-0.39, 0.29) is 18.1 Å². The lowest BCUT2D eigenvalue weighted by Gasteiger charge is -2.12. The number of amides is 1. The molecule has 1 heterocycles. The number of phenols is 1. The fraction of sp³-hybridized carbons (Fsp3) is 0.263. The SMILES string of the molecule is COc1ccc(OC)c(C2=NO[C@H](C(=O)Nc3cc(C)ccc3O)C2)c1. The normalized spacial score (nSPS) is 15.8. The topological polar surface area (TPSA) is 89.4 Å². The summed E-state index contributed by atoms with van der Waals surface area (Å²) in [5.74, 6) is 0.885. The molecule has 1 atom stereocenters. The number of methoxy groups -OCH3 is 2. The van der Waals surface area contributed by atoms with Crippen LogP contribution in [0.3, 0.4) is 0 Å². The first-order valence-electron chi connectivity index (χ1n) is 8.07. The van der Waals surface area contributed by atoms with E-state index < -0.39 is 6.10 Å². The van der Waals surface area contributed by atoms with Gasteiger partial charge in [-0.3, -0.25) is 4.79 Å². The Hall–Kier alpha value is -3.22. The third kappa shape index (κ3) is 3.56. The highest BCUT2D eigenvalue weighted by molar-refractivity contribution is 6.08. The Bertz CT molecular complexity index is 863. The molecule has 0 spiro atoms. The quantitative estimate of drug-likeness (QED) is 0.804. The maximum absolute atomic E-state index is 12.5. The fourth-order valence-electron chi connectivity index (χ4n) is 2.68. The van der Waals surface area contributed by atoms with Gasteiger partial charge in [0.2, 0.25) is 6.10 Å². The van der Waals surface area contributed by atoms with Gasteiger partial charge in [0, 0.05) is 12.0 Å². The molecule has 0 aromatic heterocycles. The van der Waals surface area contributed by atoms with Crippen molar-refractivity contribution in [3.63, 3.8) is 0 Å². The van der Waals surface area contributed by atoms with Gasteiger partial charge in [-0.2, -0.15) is 0 Å². The first-order valence-corrected chi connectivity index (χ1v) is 8.07. The Kier molecular flexibility index (Phi) is 4.97. The highest BCUT2D eigenvalue weighted by atomic mass is 16.6. The molecule has 0 bridgehead atoms. The molecule has 2 N–H and O–H groups in total. The van der Waals surface area contributed by atoms with Crippen LogP contribution in [0.2, 0.25) is 0 Å². The maximum atomic E-state index is 12.5. The number of benzene rings is 2. The highest BCUT2D eigenvalue weighted by Gasteiger charge is 2.31. The van der Waals surface area contributed by atoms with Crippen molar-refractivity contribution in [2.24, 2.45) is 5.16 Å². The maximum Gasteiger partial charge on any atom is 0.268 e. The van der Waals surface area contributed by atoms with Crippen LogP contribution in [0, 0.1) is 6.92 Å². The Morgan fingerprint density at radius 2 is 2.04 bits per heavy atom. The zero-order valence-electron chi connectivity index (χ0n) is 14.8. The summed E-state index contributed by atoms with van der Waals surface area (Å²) in [5.41, 5.74) is 2.56. The van der Waals surface area contributed by atoms with E-state index in [2.05, 4.69) is 10.5 Å². The van der Waals surface area contributed by atoms with E-state index >= 15 is 0 Å². The van der Waals surface area contributed by atoms with Crippen LogP contribution < -0.4 is 14.8 Å². The first kappa shape index (κ1) is 17.6. The number of oxime groups is 1. The van der Waals surface area contributed by atoms with E-state index in [0.29, 0.717) is 28.5 Å². The second kappa shape index (κ2) is 7.35. The third-order valence-electron chi connectivity index (χ3n) is 4.09. The Morgan fingerprint density at radius 3 is 2.77 bits per heavy atom. The molecule has 0 aliphatic carbocycles. The molecule has 7 nitrogen and oxygen atoms in total. The predicted molar refractivity (Wildman–Crippen MR) is 97.0 cm³/mol. The van der Waals surface area contributed by atoms with Gasteiger partial charge < -0.3 is 24.7 Å². The number of carbonyl (C=O) groups excluding carboxylic acids is 1. The minimum absolute atomic E-state index is 0.00227. The molecule has 0 saturated heterocycles. The van der Waals surface area contributed by atoms with Crippen molar-refractivity contribution in [2.75, 3.05) is 19.5 Å².